The molecule has 1 aromatic heterocycles. The van der Waals surface area contributed by atoms with E-state index in [0.717, 1.165) is 17.7 Å². The molecule has 32 heavy (non-hydrogen) atoms. The van der Waals surface area contributed by atoms with Crippen molar-refractivity contribution < 1.29 is 4.79 Å². The monoisotopic (exact) mass is 453 g/mol. The van der Waals surface area contributed by atoms with Gasteiger partial charge in [0.25, 0.3) is 5.56 Å². The first-order valence-electron chi connectivity index (χ1n) is 11.2. The van der Waals surface area contributed by atoms with Crippen molar-refractivity contribution in [3.63, 3.8) is 0 Å². The number of rotatable bonds is 7. The minimum absolute atomic E-state index is 0.0555. The Morgan fingerprint density at radius 3 is 2.41 bits per heavy atom. The van der Waals surface area contributed by atoms with Crippen LogP contribution in [-0.2, 0) is 4.79 Å². The molecule has 1 unspecified atom stereocenters. The highest BCUT2D eigenvalue weighted by atomic mass is 35.5. The minimum Gasteiger partial charge on any atom is -0.333 e. The molecule has 2 aromatic carbocycles. The van der Waals surface area contributed by atoms with Crippen molar-refractivity contribution in [2.75, 3.05) is 6.54 Å². The van der Waals surface area contributed by atoms with Gasteiger partial charge in [-0.1, -0.05) is 51.4 Å². The molecular formula is C26H32ClN3O2. The molecule has 1 amide bonds. The Kier molecular flexibility index (Phi) is 7.40. The van der Waals surface area contributed by atoms with Gasteiger partial charge in [0.1, 0.15) is 5.82 Å². The molecule has 3 rings (SSSR count). The smallest absolute Gasteiger partial charge is 0.266 e. The fourth-order valence-electron chi connectivity index (χ4n) is 3.90. The first-order valence-corrected chi connectivity index (χ1v) is 11.6. The molecule has 170 valence electrons. The van der Waals surface area contributed by atoms with Gasteiger partial charge in [0, 0.05) is 17.5 Å². The molecule has 0 saturated heterocycles. The summed E-state index contributed by atoms with van der Waals surface area (Å²) in [5, 5.41) is 1.15. The average Bonchev–Trinajstić information content (AvgIpc) is 2.74. The van der Waals surface area contributed by atoms with Gasteiger partial charge in [-0.2, -0.15) is 0 Å². The van der Waals surface area contributed by atoms with E-state index in [0.29, 0.717) is 34.2 Å². The Bertz CT molecular complexity index is 1180. The summed E-state index contributed by atoms with van der Waals surface area (Å²) >= 11 is 6.18. The van der Waals surface area contributed by atoms with Crippen LogP contribution in [-0.4, -0.2) is 26.9 Å². The van der Waals surface area contributed by atoms with E-state index in [2.05, 4.69) is 13.8 Å². The third-order valence-electron chi connectivity index (χ3n) is 5.77. The predicted octanol–water partition coefficient (Wildman–Crippen LogP) is 5.94. The fourth-order valence-corrected chi connectivity index (χ4v) is 4.12. The molecule has 0 radical (unpaired) electrons. The van der Waals surface area contributed by atoms with Crippen molar-refractivity contribution in [2.45, 2.75) is 54.0 Å². The minimum atomic E-state index is -0.379. The quantitative estimate of drug-likeness (QED) is 0.444. The molecular weight excluding hydrogens is 422 g/mol. The highest BCUT2D eigenvalue weighted by Gasteiger charge is 2.28. The molecule has 0 aliphatic carbocycles. The lowest BCUT2D eigenvalue weighted by molar-refractivity contribution is -0.137. The van der Waals surface area contributed by atoms with Crippen LogP contribution >= 0.6 is 11.6 Å². The van der Waals surface area contributed by atoms with Crippen LogP contribution in [0.3, 0.4) is 0 Å². The van der Waals surface area contributed by atoms with Gasteiger partial charge in [0.05, 0.1) is 22.6 Å². The molecule has 0 N–H and O–H groups in total. The zero-order valence-electron chi connectivity index (χ0n) is 19.7. The Morgan fingerprint density at radius 1 is 1.09 bits per heavy atom. The number of amides is 1. The molecule has 0 spiro atoms. The van der Waals surface area contributed by atoms with E-state index < -0.39 is 0 Å². The van der Waals surface area contributed by atoms with Gasteiger partial charge in [-0.25, -0.2) is 4.98 Å². The summed E-state index contributed by atoms with van der Waals surface area (Å²) in [6, 6.07) is 12.4. The molecule has 0 bridgehead atoms. The summed E-state index contributed by atoms with van der Waals surface area (Å²) in [5.41, 5.74) is 2.07. The summed E-state index contributed by atoms with van der Waals surface area (Å²) in [6.07, 6.45) is 0.876. The van der Waals surface area contributed by atoms with Crippen molar-refractivity contribution >= 4 is 28.4 Å². The number of aryl methyl sites for hydroxylation is 1. The van der Waals surface area contributed by atoms with Gasteiger partial charge in [0.15, 0.2) is 0 Å². The van der Waals surface area contributed by atoms with Gasteiger partial charge in [-0.3, -0.25) is 14.2 Å². The highest BCUT2D eigenvalue weighted by molar-refractivity contribution is 6.30. The van der Waals surface area contributed by atoms with Gasteiger partial charge < -0.3 is 4.90 Å². The SMILES string of the molecule is Cc1cc(Cl)ccc1-n1c(C(C)N(CCC(C)C)C(=O)C(C)C)nc2ccccc2c1=O. The molecule has 1 atom stereocenters. The van der Waals surface area contributed by atoms with E-state index in [1.54, 1.807) is 16.7 Å². The second-order valence-corrected chi connectivity index (χ2v) is 9.54. The lowest BCUT2D eigenvalue weighted by Gasteiger charge is -2.32. The number of carbonyl (C=O) groups is 1. The van der Waals surface area contributed by atoms with Crippen molar-refractivity contribution in [2.24, 2.45) is 11.8 Å². The maximum atomic E-state index is 13.7. The maximum Gasteiger partial charge on any atom is 0.266 e. The Morgan fingerprint density at radius 2 is 1.78 bits per heavy atom. The standard InChI is InChI=1S/C26H32ClN3O2/c1-16(2)13-14-29(25(31)17(3)4)19(6)24-28-22-10-8-7-9-21(22)26(32)30(24)23-12-11-20(27)15-18(23)5/h7-12,15-17,19H,13-14H2,1-6H3. The Balaban J connectivity index is 2.27. The van der Waals surface area contributed by atoms with Crippen molar-refractivity contribution in [1.82, 2.24) is 14.5 Å². The largest absolute Gasteiger partial charge is 0.333 e. The van der Waals surface area contributed by atoms with Gasteiger partial charge in [-0.15, -0.1) is 0 Å². The average molecular weight is 454 g/mol. The third-order valence-corrected chi connectivity index (χ3v) is 6.00. The number of hydrogen-bond donors (Lipinski definition) is 0. The summed E-state index contributed by atoms with van der Waals surface area (Å²) in [6.45, 7) is 12.6. The van der Waals surface area contributed by atoms with Gasteiger partial charge >= 0.3 is 0 Å². The molecule has 1 heterocycles. The van der Waals surface area contributed by atoms with Crippen LogP contribution in [0.1, 0.15) is 58.5 Å². The molecule has 6 heteroatoms. The second kappa shape index (κ2) is 9.86. The van der Waals surface area contributed by atoms with E-state index in [1.165, 1.54) is 0 Å². The summed E-state index contributed by atoms with van der Waals surface area (Å²) in [4.78, 5) is 33.6. The second-order valence-electron chi connectivity index (χ2n) is 9.10. The van der Waals surface area contributed by atoms with Crippen LogP contribution in [0.5, 0.6) is 0 Å². The van der Waals surface area contributed by atoms with Crippen LogP contribution < -0.4 is 5.56 Å². The fraction of sp³-hybridized carbons (Fsp3) is 0.423. The van der Waals surface area contributed by atoms with Crippen LogP contribution in [0.2, 0.25) is 5.02 Å². The third kappa shape index (κ3) is 4.88. The topological polar surface area (TPSA) is 55.2 Å². The molecule has 0 aliphatic heterocycles. The molecule has 3 aromatic rings. The van der Waals surface area contributed by atoms with Crippen LogP contribution in [0.15, 0.2) is 47.3 Å². The lowest BCUT2D eigenvalue weighted by Crippen LogP contribution is -2.40. The Labute approximate surface area is 195 Å². The lowest BCUT2D eigenvalue weighted by atomic mass is 10.1. The van der Waals surface area contributed by atoms with Crippen molar-refractivity contribution in [3.05, 3.63) is 69.2 Å². The zero-order chi connectivity index (χ0) is 23.6. The van der Waals surface area contributed by atoms with Crippen LogP contribution in [0, 0.1) is 18.8 Å². The number of fused-ring (bicyclic) bond motifs is 1. The van der Waals surface area contributed by atoms with E-state index in [-0.39, 0.29) is 23.4 Å². The highest BCUT2D eigenvalue weighted by Crippen LogP contribution is 2.27. The number of para-hydroxylation sites is 1. The normalized spacial score (nSPS) is 12.5. The molecule has 5 nitrogen and oxygen atoms in total. The number of aromatic nitrogens is 2. The van der Waals surface area contributed by atoms with E-state index in [9.17, 15) is 9.59 Å². The number of hydrogen-bond acceptors (Lipinski definition) is 3. The summed E-state index contributed by atoms with van der Waals surface area (Å²) in [7, 11) is 0. The Hall–Kier alpha value is -2.66. The van der Waals surface area contributed by atoms with E-state index in [1.807, 2.05) is 62.9 Å². The van der Waals surface area contributed by atoms with Crippen molar-refractivity contribution in [3.8, 4) is 5.69 Å². The predicted molar refractivity (Wildman–Crippen MR) is 132 cm³/mol. The van der Waals surface area contributed by atoms with Gasteiger partial charge in [-0.05, 0) is 62.1 Å². The number of nitrogens with zero attached hydrogens (tertiary/aromatic N) is 3. The summed E-state index contributed by atoms with van der Waals surface area (Å²) < 4.78 is 1.65. The molecule has 0 fully saturated rings. The zero-order valence-corrected chi connectivity index (χ0v) is 20.5. The first kappa shape index (κ1) is 24.0. The maximum absolute atomic E-state index is 13.7. The molecule has 0 aliphatic rings. The van der Waals surface area contributed by atoms with Crippen molar-refractivity contribution in [1.29, 1.82) is 0 Å². The van der Waals surface area contributed by atoms with Gasteiger partial charge in [0.2, 0.25) is 5.91 Å². The van der Waals surface area contributed by atoms with E-state index in [4.69, 9.17) is 16.6 Å². The first-order chi connectivity index (χ1) is 15.1. The van der Waals surface area contributed by atoms with Crippen LogP contribution in [0.4, 0.5) is 0 Å². The molecule has 0 saturated carbocycles. The van der Waals surface area contributed by atoms with Crippen LogP contribution in [0.25, 0.3) is 16.6 Å². The number of benzene rings is 2. The number of halogens is 1. The number of carbonyl (C=O) groups excluding carboxylic acids is 1. The van der Waals surface area contributed by atoms with E-state index >= 15 is 0 Å². The summed E-state index contributed by atoms with van der Waals surface area (Å²) in [5.74, 6) is 0.911.